The normalized spacial score (nSPS) is 26.5. The first-order valence-electron chi connectivity index (χ1n) is 8.59. The molecule has 0 saturated carbocycles. The van der Waals surface area contributed by atoms with Crippen LogP contribution in [0, 0.1) is 0 Å². The molecule has 2 aliphatic rings. The van der Waals surface area contributed by atoms with E-state index < -0.39 is 24.0 Å². The number of carbonyl (C=O) groups excluding carboxylic acids is 2. The summed E-state index contributed by atoms with van der Waals surface area (Å²) in [7, 11) is 0. The summed E-state index contributed by atoms with van der Waals surface area (Å²) >= 11 is 6.05. The van der Waals surface area contributed by atoms with Crippen LogP contribution in [0.4, 0.5) is 0 Å². The number of benzene rings is 1. The van der Waals surface area contributed by atoms with Gasteiger partial charge < -0.3 is 15.3 Å². The molecular weight excluding hydrogens is 344 g/mol. The van der Waals surface area contributed by atoms with Crippen LogP contribution in [0.25, 0.3) is 0 Å². The number of nitrogens with one attached hydrogen (secondary N) is 1. The van der Waals surface area contributed by atoms with Crippen LogP contribution in [0.2, 0.25) is 5.02 Å². The molecule has 3 rings (SSSR count). The average molecular weight is 365 g/mol. The molecule has 3 atom stereocenters. The second-order valence-corrected chi connectivity index (χ2v) is 7.03. The Bertz CT molecular complexity index is 693. The van der Waals surface area contributed by atoms with Gasteiger partial charge in [0, 0.05) is 6.04 Å². The van der Waals surface area contributed by atoms with Gasteiger partial charge in [0.05, 0.1) is 10.6 Å². The Morgan fingerprint density at radius 2 is 1.84 bits per heavy atom. The highest BCUT2D eigenvalue weighted by molar-refractivity contribution is 6.33. The number of amides is 2. The molecule has 0 spiro atoms. The van der Waals surface area contributed by atoms with E-state index in [1.54, 1.807) is 24.3 Å². The lowest BCUT2D eigenvalue weighted by Gasteiger charge is -2.34. The number of fused-ring (bicyclic) bond motifs is 1. The summed E-state index contributed by atoms with van der Waals surface area (Å²) in [5.41, 5.74) is 0.312. The number of nitrogens with zero attached hydrogens (tertiary/aromatic N) is 1. The first-order chi connectivity index (χ1) is 12.0. The summed E-state index contributed by atoms with van der Waals surface area (Å²) < 4.78 is 0. The van der Waals surface area contributed by atoms with Gasteiger partial charge in [-0.15, -0.1) is 0 Å². The third-order valence-electron chi connectivity index (χ3n) is 5.04. The molecule has 2 amide bonds. The van der Waals surface area contributed by atoms with E-state index in [0.717, 1.165) is 19.3 Å². The molecule has 134 valence electrons. The Labute approximate surface area is 151 Å². The van der Waals surface area contributed by atoms with Gasteiger partial charge in [0.25, 0.3) is 5.91 Å². The fourth-order valence-corrected chi connectivity index (χ4v) is 4.01. The van der Waals surface area contributed by atoms with Gasteiger partial charge in [-0.05, 0) is 37.8 Å². The van der Waals surface area contributed by atoms with E-state index in [0.29, 0.717) is 29.8 Å². The molecule has 0 unspecified atom stereocenters. The second-order valence-electron chi connectivity index (χ2n) is 6.62. The quantitative estimate of drug-likeness (QED) is 0.862. The minimum atomic E-state index is -0.979. The number of carbonyl (C=O) groups is 3. The number of carboxylic acids is 1. The van der Waals surface area contributed by atoms with Crippen molar-refractivity contribution in [2.75, 3.05) is 0 Å². The minimum Gasteiger partial charge on any atom is -0.480 e. The Hall–Kier alpha value is -2.08. The maximum atomic E-state index is 13.0. The van der Waals surface area contributed by atoms with Crippen LogP contribution in [0.5, 0.6) is 0 Å². The highest BCUT2D eigenvalue weighted by Crippen LogP contribution is 2.31. The zero-order valence-electron chi connectivity index (χ0n) is 13.8. The van der Waals surface area contributed by atoms with Gasteiger partial charge in [0.1, 0.15) is 12.1 Å². The van der Waals surface area contributed by atoms with Crippen LogP contribution >= 0.6 is 11.6 Å². The SMILES string of the molecule is O=C(N[C@H]1CCCC[C@H]2CC[C@@H](C(=O)O)N2C1=O)c1ccccc1Cl. The lowest BCUT2D eigenvalue weighted by molar-refractivity contribution is -0.151. The molecule has 0 aliphatic carbocycles. The van der Waals surface area contributed by atoms with Crippen molar-refractivity contribution >= 4 is 29.4 Å². The number of rotatable bonds is 3. The van der Waals surface area contributed by atoms with Gasteiger partial charge in [-0.2, -0.15) is 0 Å². The number of carboxylic acid groups (broad SMARTS) is 1. The minimum absolute atomic E-state index is 0.0476. The molecule has 1 aromatic carbocycles. The van der Waals surface area contributed by atoms with Gasteiger partial charge in [-0.1, -0.05) is 36.6 Å². The Kier molecular flexibility index (Phi) is 5.27. The second kappa shape index (κ2) is 7.44. The summed E-state index contributed by atoms with van der Waals surface area (Å²) in [6, 6.07) is 5.09. The van der Waals surface area contributed by atoms with Crippen molar-refractivity contribution in [3.63, 3.8) is 0 Å². The van der Waals surface area contributed by atoms with E-state index in [4.69, 9.17) is 11.6 Å². The highest BCUT2D eigenvalue weighted by atomic mass is 35.5. The van der Waals surface area contributed by atoms with Crippen molar-refractivity contribution in [2.24, 2.45) is 0 Å². The van der Waals surface area contributed by atoms with E-state index in [1.165, 1.54) is 4.90 Å². The maximum absolute atomic E-state index is 13.0. The van der Waals surface area contributed by atoms with Crippen LogP contribution in [-0.4, -0.2) is 45.9 Å². The molecule has 0 radical (unpaired) electrons. The van der Waals surface area contributed by atoms with Crippen molar-refractivity contribution in [3.8, 4) is 0 Å². The number of hydrogen-bond donors (Lipinski definition) is 2. The smallest absolute Gasteiger partial charge is 0.326 e. The largest absolute Gasteiger partial charge is 0.480 e. The highest BCUT2D eigenvalue weighted by Gasteiger charge is 2.43. The molecule has 2 fully saturated rings. The summed E-state index contributed by atoms with van der Waals surface area (Å²) in [4.78, 5) is 38.4. The van der Waals surface area contributed by atoms with Gasteiger partial charge >= 0.3 is 5.97 Å². The van der Waals surface area contributed by atoms with Gasteiger partial charge in [-0.25, -0.2) is 4.79 Å². The zero-order valence-corrected chi connectivity index (χ0v) is 14.5. The van der Waals surface area contributed by atoms with Crippen molar-refractivity contribution in [2.45, 2.75) is 56.7 Å². The molecule has 2 saturated heterocycles. The third kappa shape index (κ3) is 3.63. The number of aliphatic carboxylic acids is 1. The van der Waals surface area contributed by atoms with E-state index in [2.05, 4.69) is 5.32 Å². The lowest BCUT2D eigenvalue weighted by Crippen LogP contribution is -2.54. The van der Waals surface area contributed by atoms with Gasteiger partial charge in [0.2, 0.25) is 5.91 Å². The van der Waals surface area contributed by atoms with Crippen LogP contribution < -0.4 is 5.32 Å². The predicted octanol–water partition coefficient (Wildman–Crippen LogP) is 2.46. The fourth-order valence-electron chi connectivity index (χ4n) is 3.79. The first-order valence-corrected chi connectivity index (χ1v) is 8.97. The molecule has 6 nitrogen and oxygen atoms in total. The van der Waals surface area contributed by atoms with Crippen LogP contribution in [0.1, 0.15) is 48.9 Å². The molecule has 0 aromatic heterocycles. The van der Waals surface area contributed by atoms with Crippen molar-refractivity contribution < 1.29 is 19.5 Å². The molecule has 7 heteroatoms. The van der Waals surface area contributed by atoms with Crippen LogP contribution in [0.3, 0.4) is 0 Å². The third-order valence-corrected chi connectivity index (χ3v) is 5.37. The molecule has 2 aliphatic heterocycles. The van der Waals surface area contributed by atoms with Gasteiger partial charge in [-0.3, -0.25) is 9.59 Å². The topological polar surface area (TPSA) is 86.7 Å². The Morgan fingerprint density at radius 3 is 2.56 bits per heavy atom. The van der Waals surface area contributed by atoms with E-state index in [9.17, 15) is 19.5 Å². The fraction of sp³-hybridized carbons (Fsp3) is 0.500. The summed E-state index contributed by atoms with van der Waals surface area (Å²) in [5, 5.41) is 12.5. The van der Waals surface area contributed by atoms with Crippen molar-refractivity contribution in [1.82, 2.24) is 10.2 Å². The van der Waals surface area contributed by atoms with Crippen LogP contribution in [0.15, 0.2) is 24.3 Å². The summed E-state index contributed by atoms with van der Waals surface area (Å²) in [6.07, 6.45) is 4.23. The summed E-state index contributed by atoms with van der Waals surface area (Å²) in [6.45, 7) is 0. The van der Waals surface area contributed by atoms with E-state index in [1.807, 2.05) is 0 Å². The number of halogens is 1. The van der Waals surface area contributed by atoms with E-state index in [-0.39, 0.29) is 11.9 Å². The lowest BCUT2D eigenvalue weighted by atomic mass is 9.98. The maximum Gasteiger partial charge on any atom is 0.326 e. The monoisotopic (exact) mass is 364 g/mol. The van der Waals surface area contributed by atoms with Crippen LogP contribution in [-0.2, 0) is 9.59 Å². The van der Waals surface area contributed by atoms with E-state index >= 15 is 0 Å². The molecule has 2 N–H and O–H groups in total. The Morgan fingerprint density at radius 1 is 1.12 bits per heavy atom. The summed E-state index contributed by atoms with van der Waals surface area (Å²) in [5.74, 6) is -1.69. The molecule has 1 aromatic rings. The average Bonchev–Trinajstić information content (AvgIpc) is 2.99. The van der Waals surface area contributed by atoms with Crippen molar-refractivity contribution in [1.29, 1.82) is 0 Å². The zero-order chi connectivity index (χ0) is 18.0. The standard InChI is InChI=1S/C18H21ClN2O4/c19-13-7-3-2-6-12(13)16(22)20-14-8-4-1-5-11-9-10-15(18(24)25)21(11)17(14)23/h2-3,6-7,11,14-15H,1,4-5,8-10H2,(H,20,22)(H,24,25)/t11-,14-,15-/m0/s1. The Balaban J connectivity index is 1.80. The molecular formula is C18H21ClN2O4. The molecule has 0 bridgehead atoms. The predicted molar refractivity (Wildman–Crippen MR) is 92.5 cm³/mol. The molecule has 2 heterocycles. The first kappa shape index (κ1) is 17.7. The van der Waals surface area contributed by atoms with Gasteiger partial charge in [0.15, 0.2) is 0 Å². The number of hydrogen-bond acceptors (Lipinski definition) is 3. The van der Waals surface area contributed by atoms with Crippen molar-refractivity contribution in [3.05, 3.63) is 34.9 Å². The molecule has 25 heavy (non-hydrogen) atoms.